The maximum absolute atomic E-state index is 13.9. The molecule has 0 spiro atoms. The second-order valence-electron chi connectivity index (χ2n) is 15.2. The van der Waals surface area contributed by atoms with Gasteiger partial charge in [-0.15, -0.1) is 0 Å². The van der Waals surface area contributed by atoms with Crippen molar-refractivity contribution in [2.24, 2.45) is 10.8 Å². The van der Waals surface area contributed by atoms with Crippen LogP contribution in [0.25, 0.3) is 0 Å². The predicted molar refractivity (Wildman–Crippen MR) is 211 cm³/mol. The van der Waals surface area contributed by atoms with Gasteiger partial charge in [-0.25, -0.2) is 26.3 Å². The zero-order valence-electron chi connectivity index (χ0n) is 31.5. The molecule has 0 aromatic heterocycles. The maximum Gasteiger partial charge on any atom is 0.252 e. The summed E-state index contributed by atoms with van der Waals surface area (Å²) in [6.07, 6.45) is 0. The van der Waals surface area contributed by atoms with Crippen molar-refractivity contribution in [3.63, 3.8) is 0 Å². The molecule has 10 nitrogen and oxygen atoms in total. The summed E-state index contributed by atoms with van der Waals surface area (Å²) in [6.45, 7) is 15.2. The quantitative estimate of drug-likeness (QED) is 0.111. The number of hydrogen-bond donors (Lipinski definition) is 4. The Morgan fingerprint density at radius 3 is 1.19 bits per heavy atom. The third-order valence-corrected chi connectivity index (χ3v) is 12.8. The van der Waals surface area contributed by atoms with E-state index in [1.54, 1.807) is 97.1 Å². The molecule has 4 aromatic carbocycles. The van der Waals surface area contributed by atoms with E-state index in [0.717, 1.165) is 11.1 Å². The second-order valence-corrected chi connectivity index (χ2v) is 19.8. The van der Waals surface area contributed by atoms with E-state index in [2.05, 4.69) is 20.1 Å². The highest BCUT2D eigenvalue weighted by Gasteiger charge is 2.31. The van der Waals surface area contributed by atoms with E-state index in [-0.39, 0.29) is 22.9 Å². The Labute approximate surface area is 319 Å². The van der Waals surface area contributed by atoms with Crippen LogP contribution < -0.4 is 20.1 Å². The number of carbonyl (C=O) groups is 2. The second kappa shape index (κ2) is 17.0. The van der Waals surface area contributed by atoms with E-state index in [1.165, 1.54) is 11.8 Å². The molecule has 4 N–H and O–H groups in total. The first-order chi connectivity index (χ1) is 24.7. The van der Waals surface area contributed by atoms with Gasteiger partial charge in [0.2, 0.25) is 20.0 Å². The van der Waals surface area contributed by atoms with Gasteiger partial charge in [0.05, 0.1) is 20.9 Å². The highest BCUT2D eigenvalue weighted by Crippen LogP contribution is 2.34. The van der Waals surface area contributed by atoms with Crippen molar-refractivity contribution in [3.8, 4) is 0 Å². The Morgan fingerprint density at radius 2 is 0.868 bits per heavy atom. The van der Waals surface area contributed by atoms with Crippen LogP contribution in [-0.2, 0) is 20.0 Å². The molecule has 13 heteroatoms. The normalized spacial score (nSPS) is 13.6. The molecule has 0 saturated carbocycles. The van der Waals surface area contributed by atoms with Crippen LogP contribution in [0.15, 0.2) is 117 Å². The molecule has 0 unspecified atom stereocenters. The molecule has 4 aromatic rings. The molecule has 284 valence electrons. The molecule has 0 bridgehead atoms. The van der Waals surface area contributed by atoms with Crippen LogP contribution in [0.3, 0.4) is 0 Å². The van der Waals surface area contributed by atoms with Gasteiger partial charge in [0.25, 0.3) is 11.8 Å². The van der Waals surface area contributed by atoms with E-state index >= 15 is 0 Å². The lowest BCUT2D eigenvalue weighted by Gasteiger charge is -2.32. The van der Waals surface area contributed by atoms with Gasteiger partial charge in [0, 0.05) is 35.0 Å². The third-order valence-electron chi connectivity index (χ3n) is 8.80. The van der Waals surface area contributed by atoms with Crippen LogP contribution in [0, 0.1) is 24.7 Å². The molecule has 0 fully saturated rings. The fraction of sp³-hybridized carbons (Fsp3) is 0.350. The van der Waals surface area contributed by atoms with Crippen molar-refractivity contribution in [2.75, 3.05) is 13.1 Å². The Kier molecular flexibility index (Phi) is 13.4. The average molecular weight is 779 g/mol. The summed E-state index contributed by atoms with van der Waals surface area (Å²) < 4.78 is 57.5. The van der Waals surface area contributed by atoms with Crippen molar-refractivity contribution in [3.05, 3.63) is 119 Å². The average Bonchev–Trinajstić information content (AvgIpc) is 3.08. The number of nitrogens with one attached hydrogen (secondary N) is 4. The number of benzene rings is 4. The standard InChI is InChI=1S/C40H50N4O6S3/c1-27-17-21-29(22-18-27)52(47,48)41-25-35(39(3,4)5)43-37(45)31-13-9-11-15-33(31)51-34-16-12-10-14-32(34)38(46)44-36(40(6,7)8)26-42-53(49,50)30-23-19-28(2)20-24-30/h9-24,35-36,41-42H,25-26H2,1-8H3,(H,43,45)(H,44,46)/t35-,36-/m1/s1. The molecule has 0 aliphatic heterocycles. The van der Waals surface area contributed by atoms with Crippen LogP contribution in [0.4, 0.5) is 0 Å². The topological polar surface area (TPSA) is 151 Å². The number of amides is 2. The molecule has 0 saturated heterocycles. The van der Waals surface area contributed by atoms with Crippen molar-refractivity contribution in [1.29, 1.82) is 0 Å². The molecule has 0 aliphatic rings. The molecular weight excluding hydrogens is 729 g/mol. The van der Waals surface area contributed by atoms with Crippen molar-refractivity contribution < 1.29 is 26.4 Å². The van der Waals surface area contributed by atoms with Gasteiger partial charge in [-0.3, -0.25) is 9.59 Å². The minimum atomic E-state index is -3.82. The number of sulfonamides is 2. The van der Waals surface area contributed by atoms with Gasteiger partial charge in [0.1, 0.15) is 0 Å². The van der Waals surface area contributed by atoms with E-state index in [4.69, 9.17) is 0 Å². The summed E-state index contributed by atoms with van der Waals surface area (Å²) >= 11 is 1.25. The SMILES string of the molecule is Cc1ccc(S(=O)(=O)NC[C@@H](NC(=O)c2ccccc2Sc2ccccc2C(=O)N[C@H](CNS(=O)(=O)c2ccc(C)cc2)C(C)(C)C)C(C)(C)C)cc1. The minimum Gasteiger partial charge on any atom is -0.347 e. The van der Waals surface area contributed by atoms with Gasteiger partial charge in [-0.1, -0.05) is 113 Å². The fourth-order valence-electron chi connectivity index (χ4n) is 5.21. The fourth-order valence-corrected chi connectivity index (χ4v) is 8.38. The lowest BCUT2D eigenvalue weighted by molar-refractivity contribution is 0.0894. The summed E-state index contributed by atoms with van der Waals surface area (Å²) in [7, 11) is -7.63. The number of carbonyl (C=O) groups excluding carboxylic acids is 2. The number of aryl methyl sites for hydroxylation is 2. The van der Waals surface area contributed by atoms with Crippen LogP contribution >= 0.6 is 11.8 Å². The van der Waals surface area contributed by atoms with E-state index in [0.29, 0.717) is 20.9 Å². The molecule has 0 heterocycles. The van der Waals surface area contributed by atoms with Gasteiger partial charge in [0.15, 0.2) is 0 Å². The van der Waals surface area contributed by atoms with Crippen LogP contribution in [0.2, 0.25) is 0 Å². The Balaban J connectivity index is 1.51. The Bertz CT molecular complexity index is 1970. The van der Waals surface area contributed by atoms with Gasteiger partial charge in [-0.2, -0.15) is 0 Å². The van der Waals surface area contributed by atoms with Crippen molar-refractivity contribution in [2.45, 2.75) is 87.1 Å². The maximum atomic E-state index is 13.9. The first-order valence-corrected chi connectivity index (χ1v) is 21.1. The summed E-state index contributed by atoms with van der Waals surface area (Å²) in [5.41, 5.74) is 1.60. The highest BCUT2D eigenvalue weighted by atomic mass is 32.2. The zero-order chi connectivity index (χ0) is 39.2. The van der Waals surface area contributed by atoms with Crippen molar-refractivity contribution >= 4 is 43.6 Å². The molecule has 2 amide bonds. The van der Waals surface area contributed by atoms with E-state index in [9.17, 15) is 26.4 Å². The molecule has 53 heavy (non-hydrogen) atoms. The van der Waals surface area contributed by atoms with Crippen molar-refractivity contribution in [1.82, 2.24) is 20.1 Å². The number of rotatable bonds is 14. The first-order valence-electron chi connectivity index (χ1n) is 17.3. The predicted octanol–water partition coefficient (Wildman–Crippen LogP) is 6.70. The Morgan fingerprint density at radius 1 is 0.547 bits per heavy atom. The summed E-state index contributed by atoms with van der Waals surface area (Å²) in [5, 5.41) is 6.08. The summed E-state index contributed by atoms with van der Waals surface area (Å²) in [5.74, 6) is -0.781. The van der Waals surface area contributed by atoms with Gasteiger partial charge >= 0.3 is 0 Å². The molecular formula is C40H50N4O6S3. The monoisotopic (exact) mass is 778 g/mol. The largest absolute Gasteiger partial charge is 0.347 e. The van der Waals surface area contributed by atoms with E-state index in [1.807, 2.05) is 55.4 Å². The lowest BCUT2D eigenvalue weighted by Crippen LogP contribution is -2.50. The summed E-state index contributed by atoms with van der Waals surface area (Å²) in [4.78, 5) is 29.2. The van der Waals surface area contributed by atoms with Crippen LogP contribution in [-0.4, -0.2) is 53.8 Å². The zero-order valence-corrected chi connectivity index (χ0v) is 33.9. The van der Waals surface area contributed by atoms with Gasteiger partial charge in [-0.05, 0) is 73.2 Å². The summed E-state index contributed by atoms with van der Waals surface area (Å²) in [6, 6.07) is 26.0. The minimum absolute atomic E-state index is 0.0279. The highest BCUT2D eigenvalue weighted by molar-refractivity contribution is 7.99. The third kappa shape index (κ3) is 11.5. The first kappa shape index (κ1) is 41.7. The molecule has 2 atom stereocenters. The molecule has 0 radical (unpaired) electrons. The number of hydrogen-bond acceptors (Lipinski definition) is 7. The van der Waals surface area contributed by atoms with Crippen LogP contribution in [0.5, 0.6) is 0 Å². The van der Waals surface area contributed by atoms with Gasteiger partial charge < -0.3 is 10.6 Å². The molecule has 0 aliphatic carbocycles. The van der Waals surface area contributed by atoms with E-state index < -0.39 is 54.8 Å². The Hall–Kier alpha value is -4.01. The lowest BCUT2D eigenvalue weighted by atomic mass is 9.86. The molecule has 4 rings (SSSR count). The smallest absolute Gasteiger partial charge is 0.252 e. The van der Waals surface area contributed by atoms with Crippen LogP contribution in [0.1, 0.15) is 73.4 Å².